The molecule has 1 fully saturated rings. The molecular weight excluding hydrogens is 410 g/mol. The van der Waals surface area contributed by atoms with Crippen LogP contribution in [0, 0.1) is 0 Å². The molecule has 3 aromatic rings. The van der Waals surface area contributed by atoms with Gasteiger partial charge in [-0.15, -0.1) is 0 Å². The van der Waals surface area contributed by atoms with Crippen molar-refractivity contribution in [3.63, 3.8) is 0 Å². The SMILES string of the molecule is CCCOc1ccc(CN(C(=O)c2cccc3ccccc23)[C@H]2CCS(=O)(=O)C2)cc1. The molecule has 0 aromatic heterocycles. The van der Waals surface area contributed by atoms with E-state index in [1.54, 1.807) is 4.90 Å². The second-order valence-corrected chi connectivity index (χ2v) is 10.2. The molecule has 0 aliphatic carbocycles. The summed E-state index contributed by atoms with van der Waals surface area (Å²) in [5.41, 5.74) is 1.55. The summed E-state index contributed by atoms with van der Waals surface area (Å²) in [6.45, 7) is 3.07. The van der Waals surface area contributed by atoms with E-state index in [1.165, 1.54) is 0 Å². The molecule has 0 radical (unpaired) electrons. The molecule has 1 heterocycles. The molecule has 162 valence electrons. The molecule has 0 N–H and O–H groups in total. The van der Waals surface area contributed by atoms with Crippen molar-refractivity contribution in [1.82, 2.24) is 4.90 Å². The summed E-state index contributed by atoms with van der Waals surface area (Å²) in [5, 5.41) is 1.87. The van der Waals surface area contributed by atoms with Crippen LogP contribution in [-0.2, 0) is 16.4 Å². The predicted molar refractivity (Wildman–Crippen MR) is 123 cm³/mol. The van der Waals surface area contributed by atoms with Gasteiger partial charge in [-0.25, -0.2) is 8.42 Å². The molecule has 1 atom stereocenters. The molecule has 6 heteroatoms. The van der Waals surface area contributed by atoms with E-state index in [-0.39, 0.29) is 23.5 Å². The zero-order valence-corrected chi connectivity index (χ0v) is 18.5. The van der Waals surface area contributed by atoms with Crippen molar-refractivity contribution in [2.24, 2.45) is 0 Å². The van der Waals surface area contributed by atoms with Gasteiger partial charge in [-0.1, -0.05) is 55.5 Å². The van der Waals surface area contributed by atoms with Crippen LogP contribution in [0.25, 0.3) is 10.8 Å². The molecule has 0 spiro atoms. The van der Waals surface area contributed by atoms with Crippen LogP contribution in [0.15, 0.2) is 66.7 Å². The van der Waals surface area contributed by atoms with Crippen LogP contribution < -0.4 is 4.74 Å². The Hall–Kier alpha value is -2.86. The summed E-state index contributed by atoms with van der Waals surface area (Å²) in [7, 11) is -3.12. The summed E-state index contributed by atoms with van der Waals surface area (Å²) in [6.07, 6.45) is 1.40. The minimum atomic E-state index is -3.12. The van der Waals surface area contributed by atoms with Crippen LogP contribution >= 0.6 is 0 Å². The number of benzene rings is 3. The number of sulfone groups is 1. The lowest BCUT2D eigenvalue weighted by molar-refractivity contribution is 0.0683. The van der Waals surface area contributed by atoms with Gasteiger partial charge in [-0.3, -0.25) is 4.79 Å². The van der Waals surface area contributed by atoms with Gasteiger partial charge >= 0.3 is 0 Å². The average molecular weight is 438 g/mol. The molecule has 0 bridgehead atoms. The zero-order chi connectivity index (χ0) is 21.8. The van der Waals surface area contributed by atoms with Crippen molar-refractivity contribution in [3.05, 3.63) is 77.9 Å². The smallest absolute Gasteiger partial charge is 0.255 e. The first-order valence-corrected chi connectivity index (χ1v) is 12.5. The van der Waals surface area contributed by atoms with Gasteiger partial charge in [0.2, 0.25) is 0 Å². The van der Waals surface area contributed by atoms with Crippen molar-refractivity contribution in [3.8, 4) is 5.75 Å². The highest BCUT2D eigenvalue weighted by atomic mass is 32.2. The summed E-state index contributed by atoms with van der Waals surface area (Å²) in [4.78, 5) is 15.4. The van der Waals surface area contributed by atoms with E-state index in [1.807, 2.05) is 66.7 Å². The molecule has 0 saturated carbocycles. The van der Waals surface area contributed by atoms with Crippen LogP contribution in [-0.4, -0.2) is 43.4 Å². The highest BCUT2D eigenvalue weighted by molar-refractivity contribution is 7.91. The van der Waals surface area contributed by atoms with Crippen molar-refractivity contribution in [2.75, 3.05) is 18.1 Å². The zero-order valence-electron chi connectivity index (χ0n) is 17.7. The Morgan fingerprint density at radius 2 is 1.77 bits per heavy atom. The van der Waals surface area contributed by atoms with Crippen molar-refractivity contribution >= 4 is 26.5 Å². The van der Waals surface area contributed by atoms with E-state index >= 15 is 0 Å². The fourth-order valence-electron chi connectivity index (χ4n) is 4.06. The Labute approximate surface area is 183 Å². The fraction of sp³-hybridized carbons (Fsp3) is 0.320. The van der Waals surface area contributed by atoms with Gasteiger partial charge in [-0.2, -0.15) is 0 Å². The monoisotopic (exact) mass is 437 g/mol. The third kappa shape index (κ3) is 4.90. The van der Waals surface area contributed by atoms with Gasteiger partial charge in [0.1, 0.15) is 5.75 Å². The molecule has 1 amide bonds. The van der Waals surface area contributed by atoms with E-state index < -0.39 is 9.84 Å². The normalized spacial score (nSPS) is 17.5. The maximum Gasteiger partial charge on any atom is 0.255 e. The third-order valence-corrected chi connectivity index (χ3v) is 7.43. The molecule has 3 aromatic carbocycles. The van der Waals surface area contributed by atoms with Crippen molar-refractivity contribution < 1.29 is 17.9 Å². The third-order valence-electron chi connectivity index (χ3n) is 5.68. The lowest BCUT2D eigenvalue weighted by Crippen LogP contribution is -2.40. The van der Waals surface area contributed by atoms with E-state index in [0.29, 0.717) is 25.1 Å². The highest BCUT2D eigenvalue weighted by Crippen LogP contribution is 2.26. The molecule has 1 saturated heterocycles. The number of nitrogens with zero attached hydrogens (tertiary/aromatic N) is 1. The first kappa shape index (κ1) is 21.4. The summed E-state index contributed by atoms with van der Waals surface area (Å²) >= 11 is 0. The topological polar surface area (TPSA) is 63.7 Å². The Kier molecular flexibility index (Phi) is 6.28. The number of rotatable bonds is 7. The molecule has 0 unspecified atom stereocenters. The van der Waals surface area contributed by atoms with Crippen molar-refractivity contribution in [2.45, 2.75) is 32.4 Å². The second-order valence-electron chi connectivity index (χ2n) is 8.01. The van der Waals surface area contributed by atoms with E-state index in [0.717, 1.165) is 28.5 Å². The number of fused-ring (bicyclic) bond motifs is 1. The molecule has 31 heavy (non-hydrogen) atoms. The Morgan fingerprint density at radius 1 is 1.03 bits per heavy atom. The largest absolute Gasteiger partial charge is 0.494 e. The molecule has 4 rings (SSSR count). The standard InChI is InChI=1S/C25H27NO4S/c1-2-15-30-22-12-10-19(11-13-22)17-26(21-14-16-31(28,29)18-21)25(27)24-9-5-7-20-6-3-4-8-23(20)24/h3-13,21H,2,14-18H2,1H3/t21-/m0/s1. The molecule has 1 aliphatic heterocycles. The number of carbonyl (C=O) groups excluding carboxylic acids is 1. The maximum absolute atomic E-state index is 13.7. The second kappa shape index (κ2) is 9.10. The fourth-order valence-corrected chi connectivity index (χ4v) is 5.79. The highest BCUT2D eigenvalue weighted by Gasteiger charge is 2.35. The Morgan fingerprint density at radius 3 is 2.48 bits per heavy atom. The summed E-state index contributed by atoms with van der Waals surface area (Å²) in [5.74, 6) is 0.799. The summed E-state index contributed by atoms with van der Waals surface area (Å²) < 4.78 is 30.0. The molecular formula is C25H27NO4S. The van der Waals surface area contributed by atoms with Gasteiger partial charge in [0, 0.05) is 18.2 Å². The van der Waals surface area contributed by atoms with Crippen LogP contribution in [0.5, 0.6) is 5.75 Å². The number of hydrogen-bond acceptors (Lipinski definition) is 4. The van der Waals surface area contributed by atoms with Gasteiger partial charge in [-0.05, 0) is 47.4 Å². The van der Waals surface area contributed by atoms with E-state index in [9.17, 15) is 13.2 Å². The summed E-state index contributed by atoms with van der Waals surface area (Å²) in [6, 6.07) is 20.8. The van der Waals surface area contributed by atoms with Gasteiger partial charge < -0.3 is 9.64 Å². The Bertz CT molecular complexity index is 1170. The van der Waals surface area contributed by atoms with Crippen molar-refractivity contribution in [1.29, 1.82) is 0 Å². The lowest BCUT2D eigenvalue weighted by atomic mass is 10.0. The predicted octanol–water partition coefficient (Wildman–Crippen LogP) is 4.46. The number of amides is 1. The van der Waals surface area contributed by atoms with Gasteiger partial charge in [0.25, 0.3) is 5.91 Å². The number of carbonyl (C=O) groups is 1. The van der Waals surface area contributed by atoms with Crippen LogP contribution in [0.3, 0.4) is 0 Å². The number of ether oxygens (including phenoxy) is 1. The van der Waals surface area contributed by atoms with E-state index in [4.69, 9.17) is 4.74 Å². The van der Waals surface area contributed by atoms with Crippen LogP contribution in [0.2, 0.25) is 0 Å². The maximum atomic E-state index is 13.7. The minimum Gasteiger partial charge on any atom is -0.494 e. The van der Waals surface area contributed by atoms with Crippen LogP contribution in [0.1, 0.15) is 35.7 Å². The minimum absolute atomic E-state index is 0.0151. The van der Waals surface area contributed by atoms with Crippen LogP contribution in [0.4, 0.5) is 0 Å². The quantitative estimate of drug-likeness (QED) is 0.548. The first-order chi connectivity index (χ1) is 15.0. The Balaban J connectivity index is 1.65. The van der Waals surface area contributed by atoms with Gasteiger partial charge in [0.05, 0.1) is 18.1 Å². The van der Waals surface area contributed by atoms with Gasteiger partial charge in [0.15, 0.2) is 9.84 Å². The first-order valence-electron chi connectivity index (χ1n) is 10.7. The molecule has 1 aliphatic rings. The molecule has 5 nitrogen and oxygen atoms in total. The number of hydrogen-bond donors (Lipinski definition) is 0. The lowest BCUT2D eigenvalue weighted by Gasteiger charge is -2.29. The van der Waals surface area contributed by atoms with E-state index in [2.05, 4.69) is 6.92 Å². The average Bonchev–Trinajstić information content (AvgIpc) is 3.15.